The average Bonchev–Trinajstić information content (AvgIpc) is 3.44. The number of hydrogen-bond donors (Lipinski definition) is 2. The number of carbonyl (C=O) groups is 1. The van der Waals surface area contributed by atoms with Crippen molar-refractivity contribution in [1.82, 2.24) is 14.5 Å². The zero-order valence-corrected chi connectivity index (χ0v) is 21.1. The molecule has 1 aliphatic heterocycles. The zero-order chi connectivity index (χ0) is 26.6. The third-order valence-corrected chi connectivity index (χ3v) is 8.38. The summed E-state index contributed by atoms with van der Waals surface area (Å²) in [5.41, 5.74) is 4.79. The highest BCUT2D eigenvalue weighted by Crippen LogP contribution is 2.53. The Balaban J connectivity index is 1.34. The van der Waals surface area contributed by atoms with E-state index in [0.717, 1.165) is 42.5 Å². The molecule has 2 bridgehead atoms. The number of hydrogen-bond acceptors (Lipinski definition) is 6. The average molecular weight is 528 g/mol. The van der Waals surface area contributed by atoms with Gasteiger partial charge in [0, 0.05) is 35.9 Å². The van der Waals surface area contributed by atoms with Gasteiger partial charge in [-0.05, 0) is 67.9 Å². The van der Waals surface area contributed by atoms with Crippen molar-refractivity contribution in [2.24, 2.45) is 0 Å². The summed E-state index contributed by atoms with van der Waals surface area (Å²) in [6.45, 7) is -3.16. The van der Waals surface area contributed by atoms with E-state index in [-0.39, 0.29) is 42.9 Å². The van der Waals surface area contributed by atoms with E-state index in [9.17, 15) is 18.7 Å². The monoisotopic (exact) mass is 527 g/mol. The Hall–Kier alpha value is -3.08. The van der Waals surface area contributed by atoms with Gasteiger partial charge >= 0.3 is 6.61 Å². The second kappa shape index (κ2) is 9.91. The molecule has 1 saturated carbocycles. The second-order valence-corrected chi connectivity index (χ2v) is 10.5. The summed E-state index contributed by atoms with van der Waals surface area (Å²) in [4.78, 5) is 15.0. The van der Waals surface area contributed by atoms with Crippen LogP contribution in [0.3, 0.4) is 0 Å². The van der Waals surface area contributed by atoms with E-state index < -0.39 is 12.7 Å². The number of benzene rings is 1. The highest BCUT2D eigenvalue weighted by atomic mass is 19.3. The van der Waals surface area contributed by atoms with Crippen LogP contribution in [-0.4, -0.2) is 69.7 Å². The van der Waals surface area contributed by atoms with E-state index in [0.29, 0.717) is 23.5 Å². The fraction of sp³-hybridized carbons (Fsp3) is 0.500. The quantitative estimate of drug-likeness (QED) is 0.482. The second-order valence-electron chi connectivity index (χ2n) is 10.5. The highest BCUT2D eigenvalue weighted by Gasteiger charge is 2.46. The molecule has 0 spiro atoms. The Bertz CT molecular complexity index is 1350. The number of amides is 1. The van der Waals surface area contributed by atoms with E-state index in [1.807, 2.05) is 10.7 Å². The molecule has 2 N–H and O–H groups in total. The minimum atomic E-state index is -2.99. The number of pyridine rings is 1. The van der Waals surface area contributed by atoms with Crippen LogP contribution in [0.2, 0.25) is 0 Å². The molecule has 1 amide bonds. The van der Waals surface area contributed by atoms with Gasteiger partial charge in [0.2, 0.25) is 0 Å². The number of ether oxygens (including phenoxy) is 2. The van der Waals surface area contributed by atoms with Crippen molar-refractivity contribution in [1.29, 1.82) is 0 Å². The van der Waals surface area contributed by atoms with Crippen molar-refractivity contribution in [3.8, 4) is 5.75 Å². The van der Waals surface area contributed by atoms with Crippen molar-refractivity contribution in [3.63, 3.8) is 0 Å². The number of aromatic nitrogens is 2. The lowest BCUT2D eigenvalue weighted by Gasteiger charge is -2.29. The van der Waals surface area contributed by atoms with E-state index in [2.05, 4.69) is 12.1 Å². The van der Waals surface area contributed by atoms with E-state index in [1.165, 1.54) is 11.6 Å². The predicted octanol–water partition coefficient (Wildman–Crippen LogP) is 3.99. The van der Waals surface area contributed by atoms with Gasteiger partial charge in [0.15, 0.2) is 0 Å². The van der Waals surface area contributed by atoms with Crippen LogP contribution in [0.15, 0.2) is 36.5 Å². The van der Waals surface area contributed by atoms with Gasteiger partial charge in [-0.15, -0.1) is 0 Å². The van der Waals surface area contributed by atoms with Crippen LogP contribution in [-0.2, 0) is 4.74 Å². The molecule has 1 aromatic carbocycles. The molecule has 3 aliphatic rings. The van der Waals surface area contributed by atoms with Gasteiger partial charge in [0.25, 0.3) is 5.91 Å². The molecule has 0 saturated heterocycles. The first-order valence-electron chi connectivity index (χ1n) is 13.1. The summed E-state index contributed by atoms with van der Waals surface area (Å²) in [7, 11) is 1.74. The Morgan fingerprint density at radius 2 is 1.95 bits per heavy atom. The van der Waals surface area contributed by atoms with Crippen LogP contribution in [0.1, 0.15) is 82.7 Å². The Morgan fingerprint density at radius 3 is 2.68 bits per heavy atom. The number of alkyl halides is 2. The number of aliphatic hydroxyl groups is 2. The van der Waals surface area contributed by atoms with Crippen LogP contribution < -0.4 is 4.74 Å². The number of nitrogens with zero attached hydrogens (tertiary/aromatic N) is 3. The highest BCUT2D eigenvalue weighted by molar-refractivity contribution is 5.98. The van der Waals surface area contributed by atoms with E-state index in [1.54, 1.807) is 24.1 Å². The Kier molecular flexibility index (Phi) is 6.57. The first kappa shape index (κ1) is 25.2. The van der Waals surface area contributed by atoms with Crippen LogP contribution in [0.25, 0.3) is 5.52 Å². The van der Waals surface area contributed by atoms with Crippen LogP contribution in [0.4, 0.5) is 8.78 Å². The lowest BCUT2D eigenvalue weighted by atomic mass is 9.82. The minimum absolute atomic E-state index is 0.0397. The summed E-state index contributed by atoms with van der Waals surface area (Å²) in [6.07, 6.45) is 5.33. The topological polar surface area (TPSA) is 96.5 Å². The van der Waals surface area contributed by atoms with Gasteiger partial charge in [0.05, 0.1) is 36.6 Å². The molecule has 8 nitrogen and oxygen atoms in total. The number of aliphatic hydroxyl groups excluding tert-OH is 2. The molecule has 38 heavy (non-hydrogen) atoms. The standard InChI is InChI=1S/C28H31F2N3O5/c1-32-22-12-20(24-19(27(32)36)3-2-4-23(24)38-28(29)30)25-21-11-16(9-10-33(21)31-26(22)25)15-5-7-18(8-6-15)37-14-17(35)13-34/h2-4,9-11,15,17-18,20,22,28,34-35H,5-8,12-14H2,1H3/t15?,17?,18?,20-,22-/m1/s1. The molecule has 1 unspecified atom stereocenters. The molecule has 3 heterocycles. The van der Waals surface area contributed by atoms with E-state index in [4.69, 9.17) is 19.7 Å². The van der Waals surface area contributed by atoms with Gasteiger partial charge in [-0.25, -0.2) is 4.52 Å². The fourth-order valence-electron chi connectivity index (χ4n) is 6.50. The number of carbonyl (C=O) groups excluding carboxylic acids is 1. The Morgan fingerprint density at radius 1 is 1.16 bits per heavy atom. The van der Waals surface area contributed by atoms with Gasteiger partial charge in [-0.3, -0.25) is 4.79 Å². The summed E-state index contributed by atoms with van der Waals surface area (Å²) < 4.78 is 39.1. The van der Waals surface area contributed by atoms with Crippen molar-refractivity contribution in [2.75, 3.05) is 20.3 Å². The molecule has 0 radical (unpaired) electrons. The number of rotatable bonds is 7. The third kappa shape index (κ3) is 4.24. The van der Waals surface area contributed by atoms with Gasteiger partial charge < -0.3 is 24.6 Å². The molecular weight excluding hydrogens is 496 g/mol. The normalized spacial score (nSPS) is 25.4. The molecule has 10 heteroatoms. The smallest absolute Gasteiger partial charge is 0.387 e. The van der Waals surface area contributed by atoms with Crippen molar-refractivity contribution in [3.05, 3.63) is 64.5 Å². The van der Waals surface area contributed by atoms with Gasteiger partial charge in [0.1, 0.15) is 11.9 Å². The summed E-state index contributed by atoms with van der Waals surface area (Å²) in [6, 6.07) is 8.76. The van der Waals surface area contributed by atoms with Gasteiger partial charge in [-0.2, -0.15) is 13.9 Å². The molecule has 3 aromatic rings. The maximum atomic E-state index is 13.3. The summed E-state index contributed by atoms with van der Waals surface area (Å²) in [5.74, 6) is -0.131. The summed E-state index contributed by atoms with van der Waals surface area (Å²) >= 11 is 0. The van der Waals surface area contributed by atoms with Crippen molar-refractivity contribution >= 4 is 11.4 Å². The maximum absolute atomic E-state index is 13.3. The SMILES string of the molecule is CN1C(=O)c2cccc(OC(F)F)c2[C@H]2C[C@@H]1c1nn3ccc(C4CCC(OCC(O)CO)CC4)cc3c12. The first-order chi connectivity index (χ1) is 18.4. The number of fused-ring (bicyclic) bond motifs is 9. The van der Waals surface area contributed by atoms with Crippen LogP contribution >= 0.6 is 0 Å². The minimum Gasteiger partial charge on any atom is -0.434 e. The van der Waals surface area contributed by atoms with Crippen LogP contribution in [0, 0.1) is 0 Å². The third-order valence-electron chi connectivity index (χ3n) is 8.38. The predicted molar refractivity (Wildman–Crippen MR) is 134 cm³/mol. The molecule has 1 fully saturated rings. The number of halogens is 2. The van der Waals surface area contributed by atoms with Crippen molar-refractivity contribution < 1.29 is 33.3 Å². The molecular formula is C28H31F2N3O5. The molecule has 3 atom stereocenters. The lowest BCUT2D eigenvalue weighted by Crippen LogP contribution is -2.30. The molecule has 6 rings (SSSR count). The first-order valence-corrected chi connectivity index (χ1v) is 13.1. The maximum Gasteiger partial charge on any atom is 0.387 e. The van der Waals surface area contributed by atoms with Crippen molar-refractivity contribution in [2.45, 2.75) is 68.8 Å². The van der Waals surface area contributed by atoms with Crippen LogP contribution in [0.5, 0.6) is 5.75 Å². The van der Waals surface area contributed by atoms with E-state index >= 15 is 0 Å². The molecule has 202 valence electrons. The zero-order valence-electron chi connectivity index (χ0n) is 21.1. The summed E-state index contributed by atoms with van der Waals surface area (Å²) in [5, 5.41) is 23.4. The molecule has 2 aromatic heterocycles. The van der Waals surface area contributed by atoms with Gasteiger partial charge in [-0.1, -0.05) is 6.07 Å². The largest absolute Gasteiger partial charge is 0.434 e. The molecule has 2 aliphatic carbocycles. The lowest BCUT2D eigenvalue weighted by molar-refractivity contribution is -0.0505. The Labute approximate surface area is 218 Å². The fourth-order valence-corrected chi connectivity index (χ4v) is 6.50.